The third kappa shape index (κ3) is 5.27. The molecule has 3 rings (SSSR count). The van der Waals surface area contributed by atoms with Crippen molar-refractivity contribution in [2.24, 2.45) is 0 Å². The quantitative estimate of drug-likeness (QED) is 0.685. The summed E-state index contributed by atoms with van der Waals surface area (Å²) in [5, 5.41) is 9.27. The molecule has 6 nitrogen and oxygen atoms in total. The van der Waals surface area contributed by atoms with Gasteiger partial charge in [0.05, 0.1) is 18.8 Å². The van der Waals surface area contributed by atoms with Crippen LogP contribution in [-0.4, -0.2) is 43.3 Å². The highest BCUT2D eigenvalue weighted by Crippen LogP contribution is 2.23. The number of benzene rings is 2. The predicted molar refractivity (Wildman–Crippen MR) is 109 cm³/mol. The SMILES string of the molecule is COc1ccccc1CN(CC1CCCO1)C(=O)C(C)Oc1ccccc1C#N. The van der Waals surface area contributed by atoms with Gasteiger partial charge in [-0.15, -0.1) is 0 Å². The van der Waals surface area contributed by atoms with Crippen molar-refractivity contribution in [2.45, 2.75) is 38.5 Å². The van der Waals surface area contributed by atoms with Gasteiger partial charge in [-0.2, -0.15) is 5.26 Å². The minimum absolute atomic E-state index is 0.0206. The summed E-state index contributed by atoms with van der Waals surface area (Å²) in [5.74, 6) is 0.991. The van der Waals surface area contributed by atoms with E-state index in [1.54, 1.807) is 43.2 Å². The van der Waals surface area contributed by atoms with Crippen LogP contribution >= 0.6 is 0 Å². The molecule has 2 aromatic rings. The van der Waals surface area contributed by atoms with Crippen LogP contribution in [0.25, 0.3) is 0 Å². The molecule has 0 N–H and O–H groups in total. The second kappa shape index (κ2) is 9.94. The zero-order chi connectivity index (χ0) is 20.6. The van der Waals surface area contributed by atoms with Gasteiger partial charge in [-0.1, -0.05) is 30.3 Å². The maximum atomic E-state index is 13.3. The molecule has 2 aromatic carbocycles. The summed E-state index contributed by atoms with van der Waals surface area (Å²) in [6, 6.07) is 16.7. The summed E-state index contributed by atoms with van der Waals surface area (Å²) >= 11 is 0. The predicted octanol–water partition coefficient (Wildman–Crippen LogP) is 3.54. The van der Waals surface area contributed by atoms with Gasteiger partial charge in [0.25, 0.3) is 5.91 Å². The molecule has 0 aliphatic carbocycles. The third-order valence-electron chi connectivity index (χ3n) is 4.97. The Kier molecular flexibility index (Phi) is 7.09. The molecule has 152 valence electrons. The number of nitrogens with zero attached hydrogens (tertiary/aromatic N) is 2. The van der Waals surface area contributed by atoms with Crippen molar-refractivity contribution in [3.05, 3.63) is 59.7 Å². The second-order valence-corrected chi connectivity index (χ2v) is 7.03. The number of hydrogen-bond donors (Lipinski definition) is 0. The summed E-state index contributed by atoms with van der Waals surface area (Å²) in [6.07, 6.45) is 1.22. The molecule has 0 radical (unpaired) electrons. The lowest BCUT2D eigenvalue weighted by Crippen LogP contribution is -2.43. The summed E-state index contributed by atoms with van der Waals surface area (Å²) in [4.78, 5) is 15.0. The van der Waals surface area contributed by atoms with E-state index < -0.39 is 6.10 Å². The van der Waals surface area contributed by atoms with Gasteiger partial charge in [0, 0.05) is 25.3 Å². The van der Waals surface area contributed by atoms with E-state index in [1.165, 1.54) is 0 Å². The van der Waals surface area contributed by atoms with Crippen LogP contribution in [0.1, 0.15) is 30.9 Å². The van der Waals surface area contributed by atoms with Crippen LogP contribution in [0.4, 0.5) is 0 Å². The fraction of sp³-hybridized carbons (Fsp3) is 0.391. The Morgan fingerprint density at radius 3 is 2.66 bits per heavy atom. The number of nitriles is 1. The number of methoxy groups -OCH3 is 1. The van der Waals surface area contributed by atoms with Gasteiger partial charge in [0.2, 0.25) is 0 Å². The lowest BCUT2D eigenvalue weighted by molar-refractivity contribution is -0.140. The molecular weight excluding hydrogens is 368 g/mol. The molecule has 1 fully saturated rings. The fourth-order valence-corrected chi connectivity index (χ4v) is 3.47. The molecule has 2 atom stereocenters. The molecule has 1 heterocycles. The van der Waals surface area contributed by atoms with Gasteiger partial charge >= 0.3 is 0 Å². The topological polar surface area (TPSA) is 71.8 Å². The van der Waals surface area contributed by atoms with E-state index >= 15 is 0 Å². The highest BCUT2D eigenvalue weighted by molar-refractivity contribution is 5.81. The Morgan fingerprint density at radius 2 is 1.97 bits per heavy atom. The highest BCUT2D eigenvalue weighted by Gasteiger charge is 2.28. The summed E-state index contributed by atoms with van der Waals surface area (Å²) < 4.78 is 17.1. The molecule has 1 aliphatic rings. The molecule has 29 heavy (non-hydrogen) atoms. The molecule has 0 aromatic heterocycles. The van der Waals surface area contributed by atoms with Crippen molar-refractivity contribution in [2.75, 3.05) is 20.3 Å². The van der Waals surface area contributed by atoms with Crippen molar-refractivity contribution in [1.82, 2.24) is 4.90 Å². The number of para-hydroxylation sites is 2. The maximum Gasteiger partial charge on any atom is 0.263 e. The van der Waals surface area contributed by atoms with Crippen molar-refractivity contribution in [3.63, 3.8) is 0 Å². The third-order valence-corrected chi connectivity index (χ3v) is 4.97. The Labute approximate surface area is 171 Å². The van der Waals surface area contributed by atoms with Crippen molar-refractivity contribution in [1.29, 1.82) is 5.26 Å². The van der Waals surface area contributed by atoms with Crippen molar-refractivity contribution in [3.8, 4) is 17.6 Å². The monoisotopic (exact) mass is 394 g/mol. The number of carbonyl (C=O) groups excluding carboxylic acids is 1. The van der Waals surface area contributed by atoms with Crippen LogP contribution in [0.15, 0.2) is 48.5 Å². The van der Waals surface area contributed by atoms with Gasteiger partial charge in [-0.25, -0.2) is 0 Å². The molecule has 0 saturated carbocycles. The van der Waals surface area contributed by atoms with E-state index in [1.807, 2.05) is 24.3 Å². The van der Waals surface area contributed by atoms with Gasteiger partial charge in [0.1, 0.15) is 17.6 Å². The van der Waals surface area contributed by atoms with Crippen LogP contribution in [0.3, 0.4) is 0 Å². The molecule has 0 bridgehead atoms. The van der Waals surface area contributed by atoms with Crippen LogP contribution in [0.5, 0.6) is 11.5 Å². The average molecular weight is 394 g/mol. The molecule has 1 amide bonds. The van der Waals surface area contributed by atoms with Crippen LogP contribution in [-0.2, 0) is 16.1 Å². The summed E-state index contributed by atoms with van der Waals surface area (Å²) in [5.41, 5.74) is 1.33. The summed E-state index contributed by atoms with van der Waals surface area (Å²) in [6.45, 7) is 3.32. The first-order valence-electron chi connectivity index (χ1n) is 9.80. The maximum absolute atomic E-state index is 13.3. The molecule has 1 aliphatic heterocycles. The van der Waals surface area contributed by atoms with Crippen LogP contribution in [0, 0.1) is 11.3 Å². The smallest absolute Gasteiger partial charge is 0.263 e. The van der Waals surface area contributed by atoms with Gasteiger partial charge < -0.3 is 19.1 Å². The van der Waals surface area contributed by atoms with E-state index in [-0.39, 0.29) is 12.0 Å². The minimum Gasteiger partial charge on any atom is -0.496 e. The Hall–Kier alpha value is -3.04. The lowest BCUT2D eigenvalue weighted by atomic mass is 10.1. The normalized spacial score (nSPS) is 16.7. The molecular formula is C23H26N2O4. The minimum atomic E-state index is -0.736. The number of amides is 1. The van der Waals surface area contributed by atoms with Crippen LogP contribution < -0.4 is 9.47 Å². The summed E-state index contributed by atoms with van der Waals surface area (Å²) in [7, 11) is 1.62. The number of rotatable bonds is 8. The number of ether oxygens (including phenoxy) is 3. The van der Waals surface area contributed by atoms with Gasteiger partial charge in [-0.3, -0.25) is 4.79 Å². The number of carbonyl (C=O) groups is 1. The Bertz CT molecular complexity index is 871. The molecule has 1 saturated heterocycles. The molecule has 0 spiro atoms. The van der Waals surface area contributed by atoms with E-state index in [2.05, 4.69) is 6.07 Å². The van der Waals surface area contributed by atoms with Crippen LogP contribution in [0.2, 0.25) is 0 Å². The van der Waals surface area contributed by atoms with E-state index in [0.29, 0.717) is 24.4 Å². The zero-order valence-corrected chi connectivity index (χ0v) is 16.8. The van der Waals surface area contributed by atoms with Gasteiger partial charge in [-0.05, 0) is 38.0 Å². The molecule has 2 unspecified atom stereocenters. The largest absolute Gasteiger partial charge is 0.496 e. The zero-order valence-electron chi connectivity index (χ0n) is 16.8. The Morgan fingerprint density at radius 1 is 1.24 bits per heavy atom. The van der Waals surface area contributed by atoms with Crippen molar-refractivity contribution >= 4 is 5.91 Å². The lowest BCUT2D eigenvalue weighted by Gasteiger charge is -2.29. The van der Waals surface area contributed by atoms with Crippen molar-refractivity contribution < 1.29 is 19.0 Å². The Balaban J connectivity index is 1.78. The highest BCUT2D eigenvalue weighted by atomic mass is 16.5. The number of hydrogen-bond acceptors (Lipinski definition) is 5. The van der Waals surface area contributed by atoms with E-state index in [9.17, 15) is 10.1 Å². The fourth-order valence-electron chi connectivity index (χ4n) is 3.47. The standard InChI is InChI=1S/C23H26N2O4/c1-17(29-22-12-6-3-8-18(22)14-24)23(26)25(16-20-10-7-13-28-20)15-19-9-4-5-11-21(19)27-2/h3-6,8-9,11-12,17,20H,7,10,13,15-16H2,1-2H3. The van der Waals surface area contributed by atoms with Gasteiger partial charge in [0.15, 0.2) is 6.10 Å². The first-order valence-corrected chi connectivity index (χ1v) is 9.80. The second-order valence-electron chi connectivity index (χ2n) is 7.03. The molecule has 6 heteroatoms. The first kappa shape index (κ1) is 20.7. The van der Waals surface area contributed by atoms with E-state index in [0.717, 1.165) is 30.8 Å². The van der Waals surface area contributed by atoms with E-state index in [4.69, 9.17) is 14.2 Å². The first-order chi connectivity index (χ1) is 14.1. The average Bonchev–Trinajstić information content (AvgIpc) is 3.26.